The van der Waals surface area contributed by atoms with E-state index in [1.165, 1.54) is 4.90 Å². The molecule has 0 unspecified atom stereocenters. The third-order valence-electron chi connectivity index (χ3n) is 2.39. The highest BCUT2D eigenvalue weighted by Gasteiger charge is 2.14. The highest BCUT2D eigenvalue weighted by atomic mass is 127. The van der Waals surface area contributed by atoms with Gasteiger partial charge in [0.15, 0.2) is 0 Å². The average molecular weight is 501 g/mol. The van der Waals surface area contributed by atoms with Gasteiger partial charge in [-0.2, -0.15) is 0 Å². The molecule has 2 N–H and O–H groups in total. The smallest absolute Gasteiger partial charge is 0.323 e. The van der Waals surface area contributed by atoms with Crippen LogP contribution < -0.4 is 10.6 Å². The lowest BCUT2D eigenvalue weighted by molar-refractivity contribution is 0.256. The number of halogens is 3. The summed E-state index contributed by atoms with van der Waals surface area (Å²) < 4.78 is 2.23. The van der Waals surface area contributed by atoms with Crippen molar-refractivity contribution in [3.05, 3.63) is 55.7 Å². The van der Waals surface area contributed by atoms with Gasteiger partial charge in [0.1, 0.15) is 0 Å². The highest BCUT2D eigenvalue weighted by Crippen LogP contribution is 2.26. The Morgan fingerprint density at radius 2 is 1.16 bits per heavy atom. The van der Waals surface area contributed by atoms with E-state index in [9.17, 15) is 4.79 Å². The number of hydrogen-bond donors (Lipinski definition) is 1. The number of carbonyl (C=O) groups is 1. The number of rotatable bonds is 2. The Kier molecular flexibility index (Phi) is 6.34. The van der Waals surface area contributed by atoms with Gasteiger partial charge in [-0.15, -0.1) is 12.4 Å². The molecule has 2 aromatic rings. The molecular weight excluding hydrogens is 489 g/mol. The lowest BCUT2D eigenvalue weighted by Crippen LogP contribution is -2.31. The second kappa shape index (κ2) is 7.30. The van der Waals surface area contributed by atoms with Gasteiger partial charge < -0.3 is 5.73 Å². The summed E-state index contributed by atoms with van der Waals surface area (Å²) in [5.41, 5.74) is 7.00. The predicted octanol–water partition coefficient (Wildman–Crippen LogP) is 4.53. The summed E-state index contributed by atoms with van der Waals surface area (Å²) in [6.07, 6.45) is 0. The molecule has 0 aromatic heterocycles. The standard InChI is InChI=1S/C13H10I2N2O.ClH/c14-9-1-5-11(6-2-9)17(13(16)18)12-7-3-10(15)4-8-12;/h1-8H,(H2,16,18);1H. The molecule has 2 amide bonds. The molecule has 0 radical (unpaired) electrons. The summed E-state index contributed by atoms with van der Waals surface area (Å²) >= 11 is 4.44. The van der Waals surface area contributed by atoms with Crippen LogP contribution in [0.15, 0.2) is 48.5 Å². The first-order chi connectivity index (χ1) is 8.58. The van der Waals surface area contributed by atoms with Crippen molar-refractivity contribution in [3.63, 3.8) is 0 Å². The Balaban J connectivity index is 0.00000180. The topological polar surface area (TPSA) is 46.3 Å². The Labute approximate surface area is 145 Å². The van der Waals surface area contributed by atoms with Crippen molar-refractivity contribution in [1.29, 1.82) is 0 Å². The molecule has 0 atom stereocenters. The molecule has 0 aliphatic carbocycles. The van der Waals surface area contributed by atoms with Crippen LogP contribution in [-0.4, -0.2) is 6.03 Å². The number of hydrogen-bond acceptors (Lipinski definition) is 1. The fraction of sp³-hybridized carbons (Fsp3) is 0. The summed E-state index contributed by atoms with van der Waals surface area (Å²) in [7, 11) is 0. The highest BCUT2D eigenvalue weighted by molar-refractivity contribution is 14.1. The Morgan fingerprint density at radius 1 is 0.842 bits per heavy atom. The number of nitrogens with two attached hydrogens (primary N) is 1. The van der Waals surface area contributed by atoms with E-state index in [0.29, 0.717) is 0 Å². The number of primary amides is 1. The average Bonchev–Trinajstić information content (AvgIpc) is 2.34. The summed E-state index contributed by atoms with van der Waals surface area (Å²) in [6, 6.07) is 14.8. The van der Waals surface area contributed by atoms with Gasteiger partial charge in [-0.1, -0.05) is 0 Å². The molecular formula is C13H11ClI2N2O. The first-order valence-electron chi connectivity index (χ1n) is 5.18. The van der Waals surface area contributed by atoms with Crippen LogP contribution in [0.4, 0.5) is 16.2 Å². The van der Waals surface area contributed by atoms with E-state index in [-0.39, 0.29) is 12.4 Å². The van der Waals surface area contributed by atoms with Gasteiger partial charge >= 0.3 is 6.03 Å². The molecule has 0 fully saturated rings. The number of nitrogens with zero attached hydrogens (tertiary/aromatic N) is 1. The fourth-order valence-corrected chi connectivity index (χ4v) is 2.30. The van der Waals surface area contributed by atoms with E-state index in [2.05, 4.69) is 45.2 Å². The summed E-state index contributed by atoms with van der Waals surface area (Å²) in [5, 5.41) is 0. The minimum atomic E-state index is -0.489. The monoisotopic (exact) mass is 500 g/mol. The fourth-order valence-electron chi connectivity index (χ4n) is 1.58. The molecule has 0 spiro atoms. The molecule has 0 saturated carbocycles. The van der Waals surface area contributed by atoms with Gasteiger partial charge in [-0.3, -0.25) is 4.90 Å². The van der Waals surface area contributed by atoms with Crippen molar-refractivity contribution in [2.24, 2.45) is 5.73 Å². The number of amides is 2. The van der Waals surface area contributed by atoms with Crippen LogP contribution in [0.25, 0.3) is 0 Å². The van der Waals surface area contributed by atoms with Crippen molar-refractivity contribution in [2.45, 2.75) is 0 Å². The van der Waals surface area contributed by atoms with Crippen LogP contribution in [0.1, 0.15) is 0 Å². The van der Waals surface area contributed by atoms with Crippen LogP contribution in [0.3, 0.4) is 0 Å². The van der Waals surface area contributed by atoms with Gasteiger partial charge in [0, 0.05) is 7.14 Å². The van der Waals surface area contributed by atoms with Gasteiger partial charge in [-0.05, 0) is 93.7 Å². The number of anilines is 2. The second-order valence-electron chi connectivity index (χ2n) is 3.63. The molecule has 2 aromatic carbocycles. The number of benzene rings is 2. The van der Waals surface area contributed by atoms with Crippen LogP contribution >= 0.6 is 57.6 Å². The summed E-state index contributed by atoms with van der Waals surface area (Å²) in [6.45, 7) is 0. The van der Waals surface area contributed by atoms with Crippen molar-refractivity contribution in [3.8, 4) is 0 Å². The molecule has 0 heterocycles. The Hall–Kier alpha value is -0.540. The van der Waals surface area contributed by atoms with E-state index in [0.717, 1.165) is 18.5 Å². The van der Waals surface area contributed by atoms with Crippen LogP contribution in [0, 0.1) is 7.14 Å². The molecule has 0 saturated heterocycles. The van der Waals surface area contributed by atoms with Crippen LogP contribution in [-0.2, 0) is 0 Å². The molecule has 100 valence electrons. The van der Waals surface area contributed by atoms with Gasteiger partial charge in [-0.25, -0.2) is 4.79 Å². The van der Waals surface area contributed by atoms with E-state index >= 15 is 0 Å². The largest absolute Gasteiger partial charge is 0.351 e. The molecule has 0 aliphatic rings. The zero-order chi connectivity index (χ0) is 13.1. The van der Waals surface area contributed by atoms with E-state index in [1.807, 2.05) is 48.5 Å². The maximum Gasteiger partial charge on any atom is 0.323 e. The van der Waals surface area contributed by atoms with Gasteiger partial charge in [0.2, 0.25) is 0 Å². The quantitative estimate of drug-likeness (QED) is 0.605. The molecule has 0 bridgehead atoms. The van der Waals surface area contributed by atoms with E-state index in [4.69, 9.17) is 5.73 Å². The van der Waals surface area contributed by atoms with E-state index in [1.54, 1.807) is 0 Å². The molecule has 19 heavy (non-hydrogen) atoms. The zero-order valence-electron chi connectivity index (χ0n) is 9.72. The van der Waals surface area contributed by atoms with Crippen LogP contribution in [0.2, 0.25) is 0 Å². The lowest BCUT2D eigenvalue weighted by atomic mass is 10.2. The third kappa shape index (κ3) is 4.22. The Morgan fingerprint density at radius 3 is 1.42 bits per heavy atom. The number of urea groups is 1. The van der Waals surface area contributed by atoms with E-state index < -0.39 is 6.03 Å². The third-order valence-corrected chi connectivity index (χ3v) is 3.83. The molecule has 3 nitrogen and oxygen atoms in total. The lowest BCUT2D eigenvalue weighted by Gasteiger charge is -2.20. The van der Waals surface area contributed by atoms with Crippen molar-refractivity contribution < 1.29 is 4.79 Å². The molecule has 2 rings (SSSR count). The van der Waals surface area contributed by atoms with Gasteiger partial charge in [0.05, 0.1) is 11.4 Å². The normalized spacial score (nSPS) is 9.58. The number of carbonyl (C=O) groups excluding carboxylic acids is 1. The summed E-state index contributed by atoms with van der Waals surface area (Å²) in [4.78, 5) is 13.1. The summed E-state index contributed by atoms with van der Waals surface area (Å²) in [5.74, 6) is 0. The second-order valence-corrected chi connectivity index (χ2v) is 6.12. The first-order valence-corrected chi connectivity index (χ1v) is 7.34. The van der Waals surface area contributed by atoms with Crippen molar-refractivity contribution >= 4 is 75.0 Å². The maximum absolute atomic E-state index is 11.6. The first kappa shape index (κ1) is 16.5. The van der Waals surface area contributed by atoms with Gasteiger partial charge in [0.25, 0.3) is 0 Å². The Bertz CT molecular complexity index is 512. The molecule has 0 aliphatic heterocycles. The maximum atomic E-state index is 11.6. The molecule has 6 heteroatoms. The predicted molar refractivity (Wildman–Crippen MR) is 97.3 cm³/mol. The minimum Gasteiger partial charge on any atom is -0.351 e. The van der Waals surface area contributed by atoms with Crippen molar-refractivity contribution in [2.75, 3.05) is 4.90 Å². The van der Waals surface area contributed by atoms with Crippen LogP contribution in [0.5, 0.6) is 0 Å². The SMILES string of the molecule is Cl.NC(=O)N(c1ccc(I)cc1)c1ccc(I)cc1. The zero-order valence-corrected chi connectivity index (χ0v) is 14.8. The minimum absolute atomic E-state index is 0. The van der Waals surface area contributed by atoms with Crippen molar-refractivity contribution in [1.82, 2.24) is 0 Å².